The van der Waals surface area contributed by atoms with Crippen molar-refractivity contribution < 1.29 is 19.1 Å². The Kier molecular flexibility index (Phi) is 5.83. The topological polar surface area (TPSA) is 52.6 Å². The van der Waals surface area contributed by atoms with Gasteiger partial charge in [0.15, 0.2) is 0 Å². The van der Waals surface area contributed by atoms with Crippen LogP contribution < -0.4 is 0 Å². The molecule has 1 unspecified atom stereocenters. The van der Waals surface area contributed by atoms with Crippen LogP contribution in [0.2, 0.25) is 0 Å². The van der Waals surface area contributed by atoms with Crippen molar-refractivity contribution in [3.8, 4) is 0 Å². The summed E-state index contributed by atoms with van der Waals surface area (Å²) in [7, 11) is 0. The maximum absolute atomic E-state index is 12.0. The van der Waals surface area contributed by atoms with Gasteiger partial charge in [0.2, 0.25) is 6.10 Å². The molecule has 0 spiro atoms. The number of ether oxygens (including phenoxy) is 2. The van der Waals surface area contributed by atoms with Gasteiger partial charge in [0, 0.05) is 5.92 Å². The van der Waals surface area contributed by atoms with Crippen molar-refractivity contribution in [1.82, 2.24) is 0 Å². The molecule has 1 rings (SSSR count). The maximum Gasteiger partial charge on any atom is 0.347 e. The quantitative estimate of drug-likeness (QED) is 0.696. The van der Waals surface area contributed by atoms with Gasteiger partial charge in [-0.1, -0.05) is 33.6 Å². The summed E-state index contributed by atoms with van der Waals surface area (Å²) < 4.78 is 10.3. The molecule has 1 aliphatic carbocycles. The zero-order valence-corrected chi connectivity index (χ0v) is 12.5. The van der Waals surface area contributed by atoms with Crippen molar-refractivity contribution in [2.75, 3.05) is 6.61 Å². The second-order valence-corrected chi connectivity index (χ2v) is 6.10. The van der Waals surface area contributed by atoms with Crippen LogP contribution in [0.3, 0.4) is 0 Å². The monoisotopic (exact) mass is 270 g/mol. The van der Waals surface area contributed by atoms with E-state index in [-0.39, 0.29) is 17.3 Å². The van der Waals surface area contributed by atoms with Crippen LogP contribution in [-0.2, 0) is 19.1 Å². The van der Waals surface area contributed by atoms with Gasteiger partial charge in [0.25, 0.3) is 0 Å². The fourth-order valence-corrected chi connectivity index (χ4v) is 2.62. The fraction of sp³-hybridized carbons (Fsp3) is 0.867. The highest BCUT2D eigenvalue weighted by Gasteiger charge is 2.34. The minimum Gasteiger partial charge on any atom is -0.463 e. The van der Waals surface area contributed by atoms with E-state index in [9.17, 15) is 9.59 Å². The predicted molar refractivity (Wildman–Crippen MR) is 72.5 cm³/mol. The molecule has 0 aliphatic heterocycles. The summed E-state index contributed by atoms with van der Waals surface area (Å²) in [6.45, 7) is 7.88. The Bertz CT molecular complexity index is 316. The molecule has 19 heavy (non-hydrogen) atoms. The summed E-state index contributed by atoms with van der Waals surface area (Å²) in [4.78, 5) is 23.7. The highest BCUT2D eigenvalue weighted by molar-refractivity contribution is 5.79. The number of carbonyl (C=O) groups is 2. The van der Waals surface area contributed by atoms with Crippen molar-refractivity contribution in [2.45, 2.75) is 65.9 Å². The zero-order valence-electron chi connectivity index (χ0n) is 12.5. The summed E-state index contributed by atoms with van der Waals surface area (Å²) in [6, 6.07) is 0. The van der Waals surface area contributed by atoms with Crippen LogP contribution in [0.25, 0.3) is 0 Å². The number of hydrogen-bond acceptors (Lipinski definition) is 4. The number of esters is 2. The molecule has 0 aromatic rings. The van der Waals surface area contributed by atoms with Crippen LogP contribution >= 0.6 is 0 Å². The molecule has 4 heteroatoms. The van der Waals surface area contributed by atoms with Gasteiger partial charge < -0.3 is 9.47 Å². The van der Waals surface area contributed by atoms with Gasteiger partial charge >= 0.3 is 11.9 Å². The third kappa shape index (κ3) is 4.84. The van der Waals surface area contributed by atoms with Crippen LogP contribution in [0, 0.1) is 11.3 Å². The molecule has 0 aromatic heterocycles. The lowest BCUT2D eigenvalue weighted by Crippen LogP contribution is -2.35. The van der Waals surface area contributed by atoms with E-state index >= 15 is 0 Å². The van der Waals surface area contributed by atoms with E-state index in [4.69, 9.17) is 9.47 Å². The maximum atomic E-state index is 12.0. The van der Waals surface area contributed by atoms with Crippen molar-refractivity contribution in [2.24, 2.45) is 11.3 Å². The lowest BCUT2D eigenvalue weighted by atomic mass is 9.85. The summed E-state index contributed by atoms with van der Waals surface area (Å²) in [5.74, 6) is -0.794. The molecular weight excluding hydrogens is 244 g/mol. The molecule has 0 heterocycles. The first kappa shape index (κ1) is 16.0. The van der Waals surface area contributed by atoms with Crippen molar-refractivity contribution >= 4 is 11.9 Å². The Morgan fingerprint density at radius 2 is 1.79 bits per heavy atom. The van der Waals surface area contributed by atoms with Gasteiger partial charge in [-0.3, -0.25) is 4.79 Å². The van der Waals surface area contributed by atoms with Crippen molar-refractivity contribution in [3.05, 3.63) is 0 Å². The fourth-order valence-electron chi connectivity index (χ4n) is 2.62. The van der Waals surface area contributed by atoms with Crippen molar-refractivity contribution in [3.63, 3.8) is 0 Å². The Balaban J connectivity index is 2.54. The first-order chi connectivity index (χ1) is 8.88. The molecule has 1 atom stereocenters. The first-order valence-corrected chi connectivity index (χ1v) is 7.24. The van der Waals surface area contributed by atoms with Crippen LogP contribution in [0.15, 0.2) is 0 Å². The van der Waals surface area contributed by atoms with Gasteiger partial charge in [0.1, 0.15) is 0 Å². The minimum atomic E-state index is -0.780. The normalized spacial score (nSPS) is 19.2. The molecule has 0 amide bonds. The molecule has 110 valence electrons. The van der Waals surface area contributed by atoms with Gasteiger partial charge in [-0.25, -0.2) is 4.79 Å². The lowest BCUT2D eigenvalue weighted by Gasteiger charge is -2.25. The summed E-state index contributed by atoms with van der Waals surface area (Å²) >= 11 is 0. The first-order valence-electron chi connectivity index (χ1n) is 7.24. The third-order valence-electron chi connectivity index (χ3n) is 3.76. The van der Waals surface area contributed by atoms with E-state index in [0.717, 1.165) is 12.8 Å². The number of rotatable bonds is 6. The highest BCUT2D eigenvalue weighted by Crippen LogP contribution is 2.40. The van der Waals surface area contributed by atoms with Crippen molar-refractivity contribution in [1.29, 1.82) is 0 Å². The Morgan fingerprint density at radius 1 is 1.21 bits per heavy atom. The van der Waals surface area contributed by atoms with Gasteiger partial charge in [-0.2, -0.15) is 0 Å². The third-order valence-corrected chi connectivity index (χ3v) is 3.76. The SMILES string of the molecule is CCOC(=O)C(OC(=O)CC1(C)CCCC1)C(C)C. The van der Waals surface area contributed by atoms with E-state index in [1.54, 1.807) is 6.92 Å². The van der Waals surface area contributed by atoms with Crippen LogP contribution in [0.4, 0.5) is 0 Å². The largest absolute Gasteiger partial charge is 0.463 e. The zero-order chi connectivity index (χ0) is 14.5. The highest BCUT2D eigenvalue weighted by atomic mass is 16.6. The van der Waals surface area contributed by atoms with Crippen LogP contribution in [-0.4, -0.2) is 24.6 Å². The van der Waals surface area contributed by atoms with E-state index in [0.29, 0.717) is 13.0 Å². The van der Waals surface area contributed by atoms with E-state index in [2.05, 4.69) is 6.92 Å². The molecule has 0 saturated heterocycles. The Morgan fingerprint density at radius 3 is 2.26 bits per heavy atom. The molecular formula is C15H26O4. The van der Waals surface area contributed by atoms with E-state index < -0.39 is 12.1 Å². The summed E-state index contributed by atoms with van der Waals surface area (Å²) in [5, 5.41) is 0. The van der Waals surface area contributed by atoms with Gasteiger partial charge in [-0.15, -0.1) is 0 Å². The molecule has 0 N–H and O–H groups in total. The predicted octanol–water partition coefficient (Wildman–Crippen LogP) is 3.09. The van der Waals surface area contributed by atoms with Gasteiger partial charge in [-0.05, 0) is 25.2 Å². The molecule has 0 radical (unpaired) electrons. The van der Waals surface area contributed by atoms with Gasteiger partial charge in [0.05, 0.1) is 13.0 Å². The van der Waals surface area contributed by atoms with Crippen LogP contribution in [0.5, 0.6) is 0 Å². The molecule has 0 aromatic carbocycles. The van der Waals surface area contributed by atoms with E-state index in [1.165, 1.54) is 12.8 Å². The number of carbonyl (C=O) groups excluding carboxylic acids is 2. The lowest BCUT2D eigenvalue weighted by molar-refractivity contribution is -0.172. The summed E-state index contributed by atoms with van der Waals surface area (Å²) in [6.07, 6.45) is 4.10. The molecule has 1 saturated carbocycles. The summed E-state index contributed by atoms with van der Waals surface area (Å²) in [5.41, 5.74) is 0.0489. The molecule has 1 aliphatic rings. The molecule has 0 bridgehead atoms. The standard InChI is InChI=1S/C15H26O4/c1-5-18-14(17)13(11(2)3)19-12(16)10-15(4)8-6-7-9-15/h11,13H,5-10H2,1-4H3. The number of hydrogen-bond donors (Lipinski definition) is 0. The van der Waals surface area contributed by atoms with E-state index in [1.807, 2.05) is 13.8 Å². The average Bonchev–Trinajstić information content (AvgIpc) is 2.72. The second-order valence-electron chi connectivity index (χ2n) is 6.10. The minimum absolute atomic E-state index is 0.0489. The average molecular weight is 270 g/mol. The Labute approximate surface area is 115 Å². The van der Waals surface area contributed by atoms with Crippen LogP contribution in [0.1, 0.15) is 59.8 Å². The Hall–Kier alpha value is -1.06. The molecule has 1 fully saturated rings. The molecule has 4 nitrogen and oxygen atoms in total. The smallest absolute Gasteiger partial charge is 0.347 e. The second kappa shape index (κ2) is 6.92.